The van der Waals surface area contributed by atoms with E-state index in [1.807, 2.05) is 31.2 Å². The highest BCUT2D eigenvalue weighted by Gasteiger charge is 2.11. The molecule has 2 aromatic rings. The van der Waals surface area contributed by atoms with E-state index >= 15 is 0 Å². The number of aromatic nitrogens is 1. The van der Waals surface area contributed by atoms with Crippen molar-refractivity contribution in [1.82, 2.24) is 4.57 Å². The molecule has 88 valence electrons. The maximum atomic E-state index is 11.9. The predicted molar refractivity (Wildman–Crippen MR) is 64.2 cm³/mol. The van der Waals surface area contributed by atoms with Crippen LogP contribution in [0.3, 0.4) is 0 Å². The minimum atomic E-state index is -0.952. The van der Waals surface area contributed by atoms with Crippen molar-refractivity contribution in [3.8, 4) is 0 Å². The molecule has 0 aliphatic heterocycles. The Bertz CT molecular complexity index is 583. The highest BCUT2D eigenvalue weighted by atomic mass is 16.4. The molecule has 0 atom stereocenters. The van der Waals surface area contributed by atoms with Crippen LogP contribution >= 0.6 is 0 Å². The number of nitrogens with zero attached hydrogens (tertiary/aromatic N) is 1. The second-order valence-corrected chi connectivity index (χ2v) is 3.99. The molecule has 0 saturated heterocycles. The topological polar surface area (TPSA) is 59.3 Å². The number of hydrogen-bond donors (Lipinski definition) is 1. The lowest BCUT2D eigenvalue weighted by molar-refractivity contribution is -0.136. The van der Waals surface area contributed by atoms with Crippen molar-refractivity contribution in [3.63, 3.8) is 0 Å². The summed E-state index contributed by atoms with van der Waals surface area (Å²) < 4.78 is 1.54. The van der Waals surface area contributed by atoms with Gasteiger partial charge >= 0.3 is 5.97 Å². The summed E-state index contributed by atoms with van der Waals surface area (Å²) in [7, 11) is 0. The lowest BCUT2D eigenvalue weighted by Crippen LogP contribution is -2.11. The van der Waals surface area contributed by atoms with Crippen LogP contribution in [0.4, 0.5) is 0 Å². The quantitative estimate of drug-likeness (QED) is 0.882. The molecule has 0 unspecified atom stereocenters. The fourth-order valence-corrected chi connectivity index (χ4v) is 1.92. The minimum Gasteiger partial charge on any atom is -0.481 e. The third-order valence-electron chi connectivity index (χ3n) is 2.73. The number of carbonyl (C=O) groups excluding carboxylic acids is 1. The number of para-hydroxylation sites is 1. The lowest BCUT2D eigenvalue weighted by Gasteiger charge is -2.05. The van der Waals surface area contributed by atoms with Crippen molar-refractivity contribution >= 4 is 22.8 Å². The predicted octanol–water partition coefficient (Wildman–Crippen LogP) is 2.45. The maximum absolute atomic E-state index is 11.9. The molecule has 0 saturated carbocycles. The average molecular weight is 231 g/mol. The van der Waals surface area contributed by atoms with Gasteiger partial charge in [0.15, 0.2) is 0 Å². The van der Waals surface area contributed by atoms with E-state index in [-0.39, 0.29) is 18.7 Å². The lowest BCUT2D eigenvalue weighted by atomic mass is 10.1. The van der Waals surface area contributed by atoms with Crippen molar-refractivity contribution in [2.24, 2.45) is 0 Å². The zero-order valence-electron chi connectivity index (χ0n) is 9.51. The van der Waals surface area contributed by atoms with E-state index in [2.05, 4.69) is 0 Å². The number of benzene rings is 1. The van der Waals surface area contributed by atoms with Gasteiger partial charge in [0.25, 0.3) is 0 Å². The van der Waals surface area contributed by atoms with Gasteiger partial charge in [-0.05, 0) is 18.6 Å². The molecule has 0 aliphatic rings. The summed E-state index contributed by atoms with van der Waals surface area (Å²) in [6.45, 7) is 1.93. The van der Waals surface area contributed by atoms with Crippen molar-refractivity contribution in [2.45, 2.75) is 19.8 Å². The Labute approximate surface area is 98.5 Å². The number of aryl methyl sites for hydroxylation is 1. The molecule has 17 heavy (non-hydrogen) atoms. The largest absolute Gasteiger partial charge is 0.481 e. The summed E-state index contributed by atoms with van der Waals surface area (Å²) in [5.74, 6) is -1.14. The first kappa shape index (κ1) is 11.4. The SMILES string of the molecule is Cc1cccc2ccn(C(=O)CCC(=O)O)c12. The summed E-state index contributed by atoms with van der Waals surface area (Å²) in [5, 5.41) is 9.56. The summed E-state index contributed by atoms with van der Waals surface area (Å²) in [4.78, 5) is 22.3. The average Bonchev–Trinajstić information content (AvgIpc) is 2.71. The summed E-state index contributed by atoms with van der Waals surface area (Å²) >= 11 is 0. The van der Waals surface area contributed by atoms with Crippen LogP contribution in [-0.4, -0.2) is 21.6 Å². The van der Waals surface area contributed by atoms with E-state index < -0.39 is 5.97 Å². The summed E-state index contributed by atoms with van der Waals surface area (Å²) in [6.07, 6.45) is 1.58. The second-order valence-electron chi connectivity index (χ2n) is 3.99. The summed E-state index contributed by atoms with van der Waals surface area (Å²) in [5.41, 5.74) is 1.87. The fraction of sp³-hybridized carbons (Fsp3) is 0.231. The highest BCUT2D eigenvalue weighted by molar-refractivity contribution is 5.94. The monoisotopic (exact) mass is 231 g/mol. The van der Waals surface area contributed by atoms with Crippen molar-refractivity contribution < 1.29 is 14.7 Å². The number of fused-ring (bicyclic) bond motifs is 1. The molecule has 0 amide bonds. The Hall–Kier alpha value is -2.10. The molecule has 1 aromatic carbocycles. The van der Waals surface area contributed by atoms with Gasteiger partial charge < -0.3 is 5.11 Å². The van der Waals surface area contributed by atoms with Crippen LogP contribution in [0, 0.1) is 6.92 Å². The molecule has 1 aromatic heterocycles. The number of rotatable bonds is 3. The Balaban J connectivity index is 2.36. The van der Waals surface area contributed by atoms with Gasteiger partial charge in [-0.2, -0.15) is 0 Å². The first-order valence-electron chi connectivity index (χ1n) is 5.41. The standard InChI is InChI=1S/C13H13NO3/c1-9-3-2-4-10-7-8-14(13(9)10)11(15)5-6-12(16)17/h2-4,7-8H,5-6H2,1H3,(H,16,17). The number of carboxylic acids is 1. The Morgan fingerprint density at radius 1 is 1.24 bits per heavy atom. The van der Waals surface area contributed by atoms with Crippen LogP contribution < -0.4 is 0 Å². The van der Waals surface area contributed by atoms with E-state index in [0.717, 1.165) is 16.5 Å². The van der Waals surface area contributed by atoms with Crippen LogP contribution in [0.5, 0.6) is 0 Å². The minimum absolute atomic E-state index is 0.0213. The molecular weight excluding hydrogens is 218 g/mol. The number of carboxylic acid groups (broad SMARTS) is 1. The van der Waals surface area contributed by atoms with E-state index in [9.17, 15) is 9.59 Å². The Kier molecular flexibility index (Phi) is 2.95. The highest BCUT2D eigenvalue weighted by Crippen LogP contribution is 2.20. The van der Waals surface area contributed by atoms with Gasteiger partial charge in [-0.25, -0.2) is 0 Å². The van der Waals surface area contributed by atoms with Crippen LogP contribution in [0.15, 0.2) is 30.5 Å². The van der Waals surface area contributed by atoms with Crippen molar-refractivity contribution in [1.29, 1.82) is 0 Å². The first-order chi connectivity index (χ1) is 8.09. The van der Waals surface area contributed by atoms with Crippen LogP contribution in [0.1, 0.15) is 23.2 Å². The molecule has 0 bridgehead atoms. The van der Waals surface area contributed by atoms with Gasteiger partial charge in [-0.3, -0.25) is 14.2 Å². The first-order valence-corrected chi connectivity index (χ1v) is 5.41. The number of hydrogen-bond acceptors (Lipinski definition) is 2. The van der Waals surface area contributed by atoms with Gasteiger partial charge in [-0.15, -0.1) is 0 Å². The maximum Gasteiger partial charge on any atom is 0.303 e. The third-order valence-corrected chi connectivity index (χ3v) is 2.73. The zero-order valence-corrected chi connectivity index (χ0v) is 9.51. The van der Waals surface area contributed by atoms with Gasteiger partial charge in [0.2, 0.25) is 5.91 Å². The molecule has 1 N–H and O–H groups in total. The van der Waals surface area contributed by atoms with E-state index in [1.165, 1.54) is 4.57 Å². The van der Waals surface area contributed by atoms with Crippen LogP contribution in [0.2, 0.25) is 0 Å². The van der Waals surface area contributed by atoms with E-state index in [4.69, 9.17) is 5.11 Å². The molecule has 0 aliphatic carbocycles. The molecule has 0 spiro atoms. The zero-order chi connectivity index (χ0) is 12.4. The third kappa shape index (κ3) is 2.20. The van der Waals surface area contributed by atoms with Gasteiger partial charge in [-0.1, -0.05) is 18.2 Å². The van der Waals surface area contributed by atoms with E-state index in [0.29, 0.717) is 0 Å². The van der Waals surface area contributed by atoms with E-state index in [1.54, 1.807) is 6.20 Å². The molecule has 1 heterocycles. The Morgan fingerprint density at radius 2 is 2.00 bits per heavy atom. The normalized spacial score (nSPS) is 10.6. The molecule has 4 nitrogen and oxygen atoms in total. The molecule has 2 rings (SSSR count). The molecule has 0 fully saturated rings. The molecule has 0 radical (unpaired) electrons. The van der Waals surface area contributed by atoms with Crippen LogP contribution in [0.25, 0.3) is 10.9 Å². The van der Waals surface area contributed by atoms with Gasteiger partial charge in [0.05, 0.1) is 11.9 Å². The van der Waals surface area contributed by atoms with Gasteiger partial charge in [0.1, 0.15) is 0 Å². The second kappa shape index (κ2) is 4.41. The molecular formula is C13H13NO3. The fourth-order valence-electron chi connectivity index (χ4n) is 1.92. The smallest absolute Gasteiger partial charge is 0.303 e. The van der Waals surface area contributed by atoms with Crippen molar-refractivity contribution in [3.05, 3.63) is 36.0 Å². The number of aliphatic carboxylic acids is 1. The van der Waals surface area contributed by atoms with Crippen molar-refractivity contribution in [2.75, 3.05) is 0 Å². The molecule has 4 heteroatoms. The van der Waals surface area contributed by atoms with Crippen LogP contribution in [-0.2, 0) is 4.79 Å². The summed E-state index contributed by atoms with van der Waals surface area (Å²) in [6, 6.07) is 7.66. The van der Waals surface area contributed by atoms with Gasteiger partial charge in [0, 0.05) is 18.0 Å². The Morgan fingerprint density at radius 3 is 2.71 bits per heavy atom. The number of carbonyl (C=O) groups is 2.